The third kappa shape index (κ3) is 4.79. The van der Waals surface area contributed by atoms with Gasteiger partial charge in [0.05, 0.1) is 29.0 Å². The Hall–Kier alpha value is -3.28. The summed E-state index contributed by atoms with van der Waals surface area (Å²) in [6, 6.07) is 17.3. The topological polar surface area (TPSA) is 51.5 Å². The van der Waals surface area contributed by atoms with Crippen molar-refractivity contribution >= 4 is 41.2 Å². The highest BCUT2D eigenvalue weighted by atomic mass is 35.5. The van der Waals surface area contributed by atoms with Gasteiger partial charge >= 0.3 is 5.97 Å². The van der Waals surface area contributed by atoms with Gasteiger partial charge in [-0.05, 0) is 68.7 Å². The van der Waals surface area contributed by atoms with E-state index in [4.69, 9.17) is 27.9 Å². The van der Waals surface area contributed by atoms with Gasteiger partial charge in [0, 0.05) is 28.7 Å². The summed E-state index contributed by atoms with van der Waals surface area (Å²) in [4.78, 5) is 27.9. The number of methoxy groups -OCH3 is 1. The predicted octanol–water partition coefficient (Wildman–Crippen LogP) is 6.32. The van der Waals surface area contributed by atoms with E-state index in [0.29, 0.717) is 39.9 Å². The first-order valence-electron chi connectivity index (χ1n) is 11.2. The zero-order chi connectivity index (χ0) is 25.3. The molecular formula is C28H26Cl2N2O3. The number of esters is 1. The highest BCUT2D eigenvalue weighted by Gasteiger charge is 2.37. The highest BCUT2D eigenvalue weighted by Crippen LogP contribution is 2.34. The molecule has 180 valence electrons. The Morgan fingerprint density at radius 3 is 2.40 bits per heavy atom. The number of amides is 1. The molecule has 0 N–H and O–H groups in total. The Labute approximate surface area is 215 Å². The zero-order valence-corrected chi connectivity index (χ0v) is 21.6. The van der Waals surface area contributed by atoms with Crippen molar-refractivity contribution in [3.05, 3.63) is 104 Å². The van der Waals surface area contributed by atoms with E-state index in [1.54, 1.807) is 30.0 Å². The summed E-state index contributed by atoms with van der Waals surface area (Å²) in [6.45, 7) is 6.16. The summed E-state index contributed by atoms with van der Waals surface area (Å²) in [5.41, 5.74) is 5.76. The summed E-state index contributed by atoms with van der Waals surface area (Å²) in [7, 11) is 1.33. The van der Waals surface area contributed by atoms with E-state index in [-0.39, 0.29) is 5.91 Å². The van der Waals surface area contributed by atoms with Crippen LogP contribution in [0, 0.1) is 13.8 Å². The average Bonchev–Trinajstić information content (AvgIpc) is 3.24. The summed E-state index contributed by atoms with van der Waals surface area (Å²) in [6.07, 6.45) is 2.44. The minimum Gasteiger partial charge on any atom is -0.465 e. The third-order valence-corrected chi connectivity index (χ3v) is 6.83. The van der Waals surface area contributed by atoms with E-state index in [1.807, 2.05) is 60.9 Å². The number of rotatable bonds is 6. The van der Waals surface area contributed by atoms with Crippen LogP contribution in [0.4, 0.5) is 0 Å². The number of allylic oxidation sites excluding steroid dienone is 1. The number of aromatic nitrogens is 1. The molecule has 0 saturated heterocycles. The molecule has 5 nitrogen and oxygen atoms in total. The second-order valence-corrected chi connectivity index (χ2v) is 9.30. The van der Waals surface area contributed by atoms with Crippen molar-refractivity contribution in [1.29, 1.82) is 0 Å². The summed E-state index contributed by atoms with van der Waals surface area (Å²) >= 11 is 12.5. The van der Waals surface area contributed by atoms with Gasteiger partial charge in [-0.15, -0.1) is 0 Å². The summed E-state index contributed by atoms with van der Waals surface area (Å²) in [5, 5.41) is 1.08. The van der Waals surface area contributed by atoms with Crippen LogP contribution in [0.15, 0.2) is 71.4 Å². The largest absolute Gasteiger partial charge is 0.465 e. The van der Waals surface area contributed by atoms with E-state index < -0.39 is 5.97 Å². The number of aryl methyl sites for hydroxylation is 1. The predicted molar refractivity (Wildman–Crippen MR) is 140 cm³/mol. The number of ether oxygens (including phenoxy) is 1. The fourth-order valence-corrected chi connectivity index (χ4v) is 5.00. The van der Waals surface area contributed by atoms with Crippen molar-refractivity contribution < 1.29 is 14.3 Å². The Balaban J connectivity index is 1.74. The molecule has 0 bridgehead atoms. The maximum absolute atomic E-state index is 13.5. The lowest BCUT2D eigenvalue weighted by molar-refractivity contribution is -0.136. The van der Waals surface area contributed by atoms with Crippen LogP contribution in [0.5, 0.6) is 0 Å². The minimum absolute atomic E-state index is 0.215. The van der Waals surface area contributed by atoms with E-state index in [2.05, 4.69) is 0 Å². The number of nitrogens with zero attached hydrogens (tertiary/aromatic N) is 2. The second-order valence-electron chi connectivity index (χ2n) is 8.46. The van der Waals surface area contributed by atoms with E-state index in [0.717, 1.165) is 28.2 Å². The smallest absolute Gasteiger partial charge is 0.340 e. The molecule has 0 aliphatic carbocycles. The Morgan fingerprint density at radius 1 is 1.03 bits per heavy atom. The van der Waals surface area contributed by atoms with Crippen molar-refractivity contribution in [3.63, 3.8) is 0 Å². The maximum Gasteiger partial charge on any atom is 0.340 e. The highest BCUT2D eigenvalue weighted by molar-refractivity contribution is 6.35. The number of halogens is 2. The molecule has 0 spiro atoms. The average molecular weight is 509 g/mol. The van der Waals surface area contributed by atoms with E-state index in [1.165, 1.54) is 7.11 Å². The molecule has 0 atom stereocenters. The molecule has 7 heteroatoms. The molecule has 35 heavy (non-hydrogen) atoms. The molecule has 2 heterocycles. The number of carbonyl (C=O) groups is 2. The van der Waals surface area contributed by atoms with Crippen molar-refractivity contribution in [2.45, 2.75) is 27.2 Å². The third-order valence-electron chi connectivity index (χ3n) is 6.29. The first kappa shape index (κ1) is 24.8. The lowest BCUT2D eigenvalue weighted by atomic mass is 10.0. The molecule has 0 radical (unpaired) electrons. The number of benzene rings is 2. The standard InChI is InChI=1S/C28H26Cl2N2O3/c1-17-14-21(18(2)32(17)25-11-10-22(29)16-24(25)30)15-23-26(28(34)35-4)19(3)31(27(23)33)13-12-20-8-6-5-7-9-20/h5-11,14-16H,12-13H2,1-4H3/b23-15-. The van der Waals surface area contributed by atoms with Gasteiger partial charge < -0.3 is 14.2 Å². The van der Waals surface area contributed by atoms with Gasteiger partial charge in [0.15, 0.2) is 0 Å². The molecule has 1 aromatic heterocycles. The van der Waals surface area contributed by atoms with Crippen LogP contribution in [-0.4, -0.2) is 35.0 Å². The molecule has 1 aliphatic rings. The van der Waals surface area contributed by atoms with Gasteiger partial charge in [0.1, 0.15) is 0 Å². The number of hydrogen-bond donors (Lipinski definition) is 0. The van der Waals surface area contributed by atoms with Crippen molar-refractivity contribution in [1.82, 2.24) is 9.47 Å². The fraction of sp³-hybridized carbons (Fsp3) is 0.214. The molecule has 0 fully saturated rings. The summed E-state index contributed by atoms with van der Waals surface area (Å²) < 4.78 is 7.04. The van der Waals surface area contributed by atoms with Crippen LogP contribution in [0.3, 0.4) is 0 Å². The van der Waals surface area contributed by atoms with Gasteiger partial charge in [-0.2, -0.15) is 0 Å². The molecule has 3 aromatic rings. The molecule has 2 aromatic carbocycles. The van der Waals surface area contributed by atoms with E-state index >= 15 is 0 Å². The Morgan fingerprint density at radius 2 is 1.74 bits per heavy atom. The van der Waals surface area contributed by atoms with Crippen LogP contribution in [-0.2, 0) is 20.7 Å². The van der Waals surface area contributed by atoms with Crippen LogP contribution < -0.4 is 0 Å². The van der Waals surface area contributed by atoms with Gasteiger partial charge in [0.2, 0.25) is 0 Å². The van der Waals surface area contributed by atoms with E-state index in [9.17, 15) is 9.59 Å². The molecular weight excluding hydrogens is 483 g/mol. The first-order chi connectivity index (χ1) is 16.7. The molecule has 1 amide bonds. The van der Waals surface area contributed by atoms with Crippen LogP contribution in [0.1, 0.15) is 29.4 Å². The second kappa shape index (κ2) is 10.1. The van der Waals surface area contributed by atoms with Gasteiger partial charge in [0.25, 0.3) is 5.91 Å². The summed E-state index contributed by atoms with van der Waals surface area (Å²) in [5.74, 6) is -0.743. The number of carbonyl (C=O) groups excluding carboxylic acids is 2. The zero-order valence-electron chi connectivity index (χ0n) is 20.1. The fourth-order valence-electron chi connectivity index (χ4n) is 4.51. The lowest BCUT2D eigenvalue weighted by Gasteiger charge is -2.17. The Bertz CT molecular complexity index is 1370. The van der Waals surface area contributed by atoms with Gasteiger partial charge in [-0.1, -0.05) is 53.5 Å². The minimum atomic E-state index is -0.529. The van der Waals surface area contributed by atoms with Crippen molar-refractivity contribution in [2.24, 2.45) is 0 Å². The molecule has 1 aliphatic heterocycles. The van der Waals surface area contributed by atoms with Crippen molar-refractivity contribution in [2.75, 3.05) is 13.7 Å². The molecule has 4 rings (SSSR count). The van der Waals surface area contributed by atoms with Crippen LogP contribution in [0.25, 0.3) is 11.8 Å². The lowest BCUT2D eigenvalue weighted by Crippen LogP contribution is -2.27. The molecule has 0 unspecified atom stereocenters. The SMILES string of the molecule is COC(=O)C1=C(C)N(CCc2ccccc2)C(=O)/C1=C\c1cc(C)n(-c2ccc(Cl)cc2Cl)c1C. The van der Waals surface area contributed by atoms with Gasteiger partial charge in [-0.3, -0.25) is 4.79 Å². The Kier molecular flexibility index (Phi) is 7.20. The van der Waals surface area contributed by atoms with Crippen molar-refractivity contribution in [3.8, 4) is 5.69 Å². The van der Waals surface area contributed by atoms with Crippen LogP contribution in [0.2, 0.25) is 10.0 Å². The first-order valence-corrected chi connectivity index (χ1v) is 12.0. The van der Waals surface area contributed by atoms with Gasteiger partial charge in [-0.25, -0.2) is 4.79 Å². The normalized spacial score (nSPS) is 14.9. The molecule has 0 saturated carbocycles. The number of hydrogen-bond acceptors (Lipinski definition) is 3. The monoisotopic (exact) mass is 508 g/mol. The quantitative estimate of drug-likeness (QED) is 0.289. The maximum atomic E-state index is 13.5. The van der Waals surface area contributed by atoms with Crippen LogP contribution >= 0.6 is 23.2 Å².